The fraction of sp³-hybridized carbons (Fsp3) is 0.471. The summed E-state index contributed by atoms with van der Waals surface area (Å²) in [5.41, 5.74) is 2.29. The van der Waals surface area contributed by atoms with E-state index in [1.165, 1.54) is 6.39 Å². The Kier molecular flexibility index (Phi) is 6.31. The van der Waals surface area contributed by atoms with E-state index in [1.807, 2.05) is 32.9 Å². The molecule has 24 heavy (non-hydrogen) atoms. The Bertz CT molecular complexity index is 654. The second-order valence-electron chi connectivity index (χ2n) is 5.75. The van der Waals surface area contributed by atoms with E-state index in [0.29, 0.717) is 11.6 Å². The van der Waals surface area contributed by atoms with Gasteiger partial charge in [0.15, 0.2) is 0 Å². The number of nitrogens with zero attached hydrogens (tertiary/aromatic N) is 2. The van der Waals surface area contributed by atoms with Crippen molar-refractivity contribution in [2.45, 2.75) is 39.7 Å². The predicted molar refractivity (Wildman–Crippen MR) is 91.6 cm³/mol. The van der Waals surface area contributed by atoms with Gasteiger partial charge in [-0.3, -0.25) is 0 Å². The van der Waals surface area contributed by atoms with E-state index in [9.17, 15) is 9.90 Å². The lowest BCUT2D eigenvalue weighted by atomic mass is 9.97. The number of aryl methyl sites for hydroxylation is 1. The zero-order valence-corrected chi connectivity index (χ0v) is 14.2. The molecule has 3 N–H and O–H groups in total. The second-order valence-corrected chi connectivity index (χ2v) is 5.75. The quantitative estimate of drug-likeness (QED) is 0.724. The van der Waals surface area contributed by atoms with Gasteiger partial charge < -0.3 is 20.2 Å². The number of amides is 2. The lowest BCUT2D eigenvalue weighted by molar-refractivity contribution is 0.104. The molecule has 1 heterocycles. The Balaban J connectivity index is 1.97. The number of carbonyl (C=O) groups excluding carboxylic acids is 1. The highest BCUT2D eigenvalue weighted by atomic mass is 16.4. The van der Waals surface area contributed by atoms with Gasteiger partial charge in [-0.25, -0.2) is 4.79 Å². The molecule has 0 bridgehead atoms. The highest BCUT2D eigenvalue weighted by Gasteiger charge is 2.16. The number of aliphatic hydroxyl groups is 1. The minimum absolute atomic E-state index is 0.188. The monoisotopic (exact) mass is 332 g/mol. The van der Waals surface area contributed by atoms with Crippen LogP contribution < -0.4 is 10.6 Å². The summed E-state index contributed by atoms with van der Waals surface area (Å²) < 4.78 is 5.17. The van der Waals surface area contributed by atoms with Crippen molar-refractivity contribution in [3.05, 3.63) is 30.2 Å². The lowest BCUT2D eigenvalue weighted by Crippen LogP contribution is -2.38. The second kappa shape index (κ2) is 8.44. The molecule has 0 saturated carbocycles. The molecule has 0 aliphatic rings. The summed E-state index contributed by atoms with van der Waals surface area (Å²) in [6, 6.07) is 5.14. The van der Waals surface area contributed by atoms with Gasteiger partial charge in [-0.1, -0.05) is 32.8 Å². The summed E-state index contributed by atoms with van der Waals surface area (Å²) in [5, 5.41) is 23.1. The van der Waals surface area contributed by atoms with Crippen molar-refractivity contribution >= 4 is 11.7 Å². The predicted octanol–water partition coefficient (Wildman–Crippen LogP) is 2.96. The van der Waals surface area contributed by atoms with Crippen LogP contribution >= 0.6 is 0 Å². The summed E-state index contributed by atoms with van der Waals surface area (Å²) in [4.78, 5) is 12.1. The number of nitrogens with one attached hydrogen (secondary N) is 2. The number of aliphatic hydroxyl groups excluding tert-OH is 1. The third-order valence-corrected chi connectivity index (χ3v) is 4.16. The summed E-state index contributed by atoms with van der Waals surface area (Å²) in [5.74, 6) is 0.579. The molecule has 0 fully saturated rings. The highest BCUT2D eigenvalue weighted by molar-refractivity contribution is 5.90. The number of carbonyl (C=O) groups is 1. The highest BCUT2D eigenvalue weighted by Crippen LogP contribution is 2.23. The van der Waals surface area contributed by atoms with Gasteiger partial charge >= 0.3 is 6.03 Å². The third-order valence-electron chi connectivity index (χ3n) is 4.16. The van der Waals surface area contributed by atoms with Gasteiger partial charge in [0, 0.05) is 17.8 Å². The SMILES string of the molecule is CCC(CC)C(O)CNC(=O)Nc1cc(-c2nnco2)ccc1C. The number of aromatic nitrogens is 2. The topological polar surface area (TPSA) is 100 Å². The average Bonchev–Trinajstić information content (AvgIpc) is 3.10. The molecular weight excluding hydrogens is 308 g/mol. The number of hydrogen-bond acceptors (Lipinski definition) is 5. The zero-order valence-electron chi connectivity index (χ0n) is 14.2. The van der Waals surface area contributed by atoms with Gasteiger partial charge in [-0.2, -0.15) is 0 Å². The van der Waals surface area contributed by atoms with Crippen molar-refractivity contribution < 1.29 is 14.3 Å². The first-order valence-electron chi connectivity index (χ1n) is 8.15. The molecule has 0 saturated heterocycles. The molecular formula is C17H24N4O3. The Morgan fingerprint density at radius 2 is 2.08 bits per heavy atom. The first-order valence-corrected chi connectivity index (χ1v) is 8.15. The maximum atomic E-state index is 12.1. The first kappa shape index (κ1) is 17.9. The van der Waals surface area contributed by atoms with Crippen LogP contribution in [-0.4, -0.2) is 34.0 Å². The van der Waals surface area contributed by atoms with Crippen LogP contribution in [0.15, 0.2) is 29.0 Å². The summed E-state index contributed by atoms with van der Waals surface area (Å²) >= 11 is 0. The van der Waals surface area contributed by atoms with Crippen LogP contribution in [0.2, 0.25) is 0 Å². The molecule has 7 nitrogen and oxygen atoms in total. The van der Waals surface area contributed by atoms with Gasteiger partial charge in [0.2, 0.25) is 12.3 Å². The van der Waals surface area contributed by atoms with Crippen LogP contribution in [-0.2, 0) is 0 Å². The van der Waals surface area contributed by atoms with Crippen molar-refractivity contribution in [3.63, 3.8) is 0 Å². The first-order chi connectivity index (χ1) is 11.5. The lowest BCUT2D eigenvalue weighted by Gasteiger charge is -2.20. The minimum Gasteiger partial charge on any atom is -0.423 e. The molecule has 0 aliphatic carbocycles. The minimum atomic E-state index is -0.545. The van der Waals surface area contributed by atoms with Crippen LogP contribution in [0.4, 0.5) is 10.5 Å². The third kappa shape index (κ3) is 4.55. The van der Waals surface area contributed by atoms with Gasteiger partial charge in [0.05, 0.1) is 6.10 Å². The molecule has 2 amide bonds. The molecule has 0 aliphatic heterocycles. The van der Waals surface area contributed by atoms with Crippen LogP contribution in [0.5, 0.6) is 0 Å². The van der Waals surface area contributed by atoms with Crippen molar-refractivity contribution in [1.29, 1.82) is 0 Å². The number of urea groups is 1. The molecule has 1 atom stereocenters. The van der Waals surface area contributed by atoms with E-state index in [2.05, 4.69) is 20.8 Å². The van der Waals surface area contributed by atoms with Crippen molar-refractivity contribution in [2.75, 3.05) is 11.9 Å². The summed E-state index contributed by atoms with van der Waals surface area (Å²) in [6.07, 6.45) is 2.48. The van der Waals surface area contributed by atoms with Gasteiger partial charge in [-0.15, -0.1) is 10.2 Å². The Morgan fingerprint density at radius 3 is 2.71 bits per heavy atom. The molecule has 1 unspecified atom stereocenters. The molecule has 130 valence electrons. The van der Waals surface area contributed by atoms with Crippen LogP contribution in [0.3, 0.4) is 0 Å². The van der Waals surface area contributed by atoms with Crippen LogP contribution in [0.25, 0.3) is 11.5 Å². The van der Waals surface area contributed by atoms with Crippen LogP contribution in [0.1, 0.15) is 32.3 Å². The van der Waals surface area contributed by atoms with E-state index in [4.69, 9.17) is 4.42 Å². The molecule has 2 aromatic rings. The fourth-order valence-electron chi connectivity index (χ4n) is 2.55. The van der Waals surface area contributed by atoms with Crippen molar-refractivity contribution in [3.8, 4) is 11.5 Å². The number of anilines is 1. The molecule has 7 heteroatoms. The Labute approximate surface area is 141 Å². The number of benzene rings is 1. The van der Waals surface area contributed by atoms with Crippen molar-refractivity contribution in [1.82, 2.24) is 15.5 Å². The molecule has 1 aromatic heterocycles. The Morgan fingerprint density at radius 1 is 1.33 bits per heavy atom. The van der Waals surface area contributed by atoms with E-state index < -0.39 is 6.10 Å². The fourth-order valence-corrected chi connectivity index (χ4v) is 2.55. The largest absolute Gasteiger partial charge is 0.423 e. The summed E-state index contributed by atoms with van der Waals surface area (Å²) in [7, 11) is 0. The van der Waals surface area contributed by atoms with Crippen molar-refractivity contribution in [2.24, 2.45) is 5.92 Å². The molecule has 2 rings (SSSR count). The zero-order chi connectivity index (χ0) is 17.5. The number of hydrogen-bond donors (Lipinski definition) is 3. The van der Waals surface area contributed by atoms with Gasteiger partial charge in [0.1, 0.15) is 0 Å². The average molecular weight is 332 g/mol. The maximum absolute atomic E-state index is 12.1. The van der Waals surface area contributed by atoms with Crippen LogP contribution in [0, 0.1) is 12.8 Å². The maximum Gasteiger partial charge on any atom is 0.319 e. The van der Waals surface area contributed by atoms with Gasteiger partial charge in [-0.05, 0) is 30.5 Å². The summed E-state index contributed by atoms with van der Waals surface area (Å²) in [6.45, 7) is 6.18. The van der Waals surface area contributed by atoms with E-state index in [-0.39, 0.29) is 18.5 Å². The molecule has 0 spiro atoms. The molecule has 0 radical (unpaired) electrons. The number of rotatable bonds is 7. The Hall–Kier alpha value is -2.41. The van der Waals surface area contributed by atoms with E-state index in [0.717, 1.165) is 24.0 Å². The standard InChI is InChI=1S/C17H24N4O3/c1-4-12(5-2)15(22)9-18-17(23)20-14-8-13(7-6-11(14)3)16-21-19-10-24-16/h6-8,10,12,15,22H,4-5,9H2,1-3H3,(H2,18,20,23). The van der Waals surface area contributed by atoms with E-state index >= 15 is 0 Å². The molecule has 1 aromatic carbocycles. The smallest absolute Gasteiger partial charge is 0.319 e. The van der Waals surface area contributed by atoms with E-state index in [1.54, 1.807) is 6.07 Å². The van der Waals surface area contributed by atoms with Gasteiger partial charge in [0.25, 0.3) is 0 Å². The normalized spacial score (nSPS) is 12.2.